The van der Waals surface area contributed by atoms with E-state index in [1.807, 2.05) is 0 Å². The van der Waals surface area contributed by atoms with E-state index < -0.39 is 0 Å². The van der Waals surface area contributed by atoms with Crippen LogP contribution in [0.25, 0.3) is 0 Å². The molecule has 8 heavy (non-hydrogen) atoms. The molecular weight excluding hydrogens is 116 g/mol. The van der Waals surface area contributed by atoms with Crippen molar-refractivity contribution in [3.05, 3.63) is 0 Å². The van der Waals surface area contributed by atoms with Gasteiger partial charge in [-0.1, -0.05) is 0 Å². The van der Waals surface area contributed by atoms with Gasteiger partial charge in [0, 0.05) is 0 Å². The van der Waals surface area contributed by atoms with Crippen molar-refractivity contribution in [2.45, 2.75) is 19.3 Å². The molecule has 0 aromatic heterocycles. The zero-order valence-electron chi connectivity index (χ0n) is 5.27. The highest BCUT2D eigenvalue weighted by Gasteiger charge is 2.25. The van der Waals surface area contributed by atoms with Crippen LogP contribution in [0.5, 0.6) is 0 Å². The van der Waals surface area contributed by atoms with Crippen LogP contribution in [0.3, 0.4) is 0 Å². The Morgan fingerprint density at radius 1 is 1.12 bits per heavy atom. The first-order valence-corrected chi connectivity index (χ1v) is 5.57. The maximum atomic E-state index is 1.65. The zero-order valence-corrected chi connectivity index (χ0v) is 6.16. The Hall–Kier alpha value is 0.350. The van der Waals surface area contributed by atoms with Crippen molar-refractivity contribution in [3.8, 4) is 0 Å². The predicted octanol–water partition coefficient (Wildman–Crippen LogP) is 1.80. The molecule has 0 aromatic rings. The van der Waals surface area contributed by atoms with E-state index >= 15 is 0 Å². The molecule has 2 aliphatic rings. The second-order valence-electron chi connectivity index (χ2n) is 3.10. The molecule has 2 heterocycles. The monoisotopic (exact) mass is 130 g/mol. The van der Waals surface area contributed by atoms with Gasteiger partial charge in [0.2, 0.25) is 0 Å². The van der Waals surface area contributed by atoms with Gasteiger partial charge in [-0.25, -0.2) is 0 Å². The Labute approximate surface area is 54.0 Å². The quantitative estimate of drug-likeness (QED) is 0.475. The summed E-state index contributed by atoms with van der Waals surface area (Å²) in [6, 6.07) is 0. The number of fused-ring (bicyclic) bond motifs is 2. The average Bonchev–Trinajstić information content (AvgIpc) is 2.12. The maximum absolute atomic E-state index is 1.65. The Kier molecular flexibility index (Phi) is 1.25. The standard InChI is InChI=1S/C7H14S/c1-2-7-3-5-8(4-1)6-7/h7-8H,1-6H2. The summed E-state index contributed by atoms with van der Waals surface area (Å²) in [7, 11) is 0.605. The summed E-state index contributed by atoms with van der Waals surface area (Å²) in [5, 5.41) is 0. The fourth-order valence-electron chi connectivity index (χ4n) is 1.96. The fraction of sp³-hybridized carbons (Fsp3) is 1.00. The van der Waals surface area contributed by atoms with Gasteiger partial charge in [0.05, 0.1) is 0 Å². The van der Waals surface area contributed by atoms with Crippen molar-refractivity contribution in [2.24, 2.45) is 5.92 Å². The minimum atomic E-state index is 0.605. The van der Waals surface area contributed by atoms with Crippen LogP contribution in [-0.4, -0.2) is 17.3 Å². The van der Waals surface area contributed by atoms with Crippen molar-refractivity contribution < 1.29 is 0 Å². The van der Waals surface area contributed by atoms with Gasteiger partial charge in [0.15, 0.2) is 0 Å². The van der Waals surface area contributed by atoms with Gasteiger partial charge in [-0.2, -0.15) is 0 Å². The summed E-state index contributed by atoms with van der Waals surface area (Å²) in [4.78, 5) is 0. The van der Waals surface area contributed by atoms with Crippen LogP contribution in [0.2, 0.25) is 0 Å². The molecule has 0 aromatic carbocycles. The zero-order chi connectivity index (χ0) is 5.40. The van der Waals surface area contributed by atoms with Crippen molar-refractivity contribution >= 4 is 10.9 Å². The maximum Gasteiger partial charge on any atom is -0.0224 e. The summed E-state index contributed by atoms with van der Waals surface area (Å²) in [6.45, 7) is 0. The molecule has 1 heteroatoms. The molecule has 0 saturated carbocycles. The molecule has 0 nitrogen and oxygen atoms in total. The molecule has 0 spiro atoms. The molecule has 2 atom stereocenters. The predicted molar refractivity (Wildman–Crippen MR) is 40.9 cm³/mol. The molecule has 0 amide bonds. The molecule has 0 aliphatic carbocycles. The molecule has 2 bridgehead atoms. The molecule has 2 aliphatic heterocycles. The molecule has 48 valence electrons. The van der Waals surface area contributed by atoms with Crippen LogP contribution in [0.15, 0.2) is 0 Å². The highest BCUT2D eigenvalue weighted by molar-refractivity contribution is 8.17. The second-order valence-corrected chi connectivity index (χ2v) is 5.70. The number of rotatable bonds is 0. The summed E-state index contributed by atoms with van der Waals surface area (Å²) < 4.78 is 0. The lowest BCUT2D eigenvalue weighted by molar-refractivity contribution is 0.535. The summed E-state index contributed by atoms with van der Waals surface area (Å²) in [6.07, 6.45) is 4.72. The normalized spacial score (nSPS) is 49.5. The smallest absolute Gasteiger partial charge is 0.0224 e. The van der Waals surface area contributed by atoms with Crippen LogP contribution >= 0.6 is 10.9 Å². The van der Waals surface area contributed by atoms with E-state index in [-0.39, 0.29) is 0 Å². The molecular formula is C7H14S. The van der Waals surface area contributed by atoms with Crippen LogP contribution in [-0.2, 0) is 0 Å². The van der Waals surface area contributed by atoms with E-state index in [9.17, 15) is 0 Å². The summed E-state index contributed by atoms with van der Waals surface area (Å²) in [5.41, 5.74) is 0. The highest BCUT2D eigenvalue weighted by atomic mass is 32.2. The van der Waals surface area contributed by atoms with E-state index in [0.29, 0.717) is 10.9 Å². The summed E-state index contributed by atoms with van der Waals surface area (Å²) >= 11 is 0. The topological polar surface area (TPSA) is 0 Å². The third-order valence-electron chi connectivity index (χ3n) is 2.46. The SMILES string of the molecule is C1CC2CC[SH](C1)C2. The van der Waals surface area contributed by atoms with Crippen LogP contribution < -0.4 is 0 Å². The Morgan fingerprint density at radius 3 is 2.88 bits per heavy atom. The van der Waals surface area contributed by atoms with Gasteiger partial charge in [-0.15, -0.1) is 0 Å². The molecule has 2 rings (SSSR count). The van der Waals surface area contributed by atoms with Crippen LogP contribution in [0, 0.1) is 5.92 Å². The third kappa shape index (κ3) is 0.771. The van der Waals surface area contributed by atoms with Gasteiger partial charge < -0.3 is 0 Å². The lowest BCUT2D eigenvalue weighted by atomic mass is 10.0. The lowest BCUT2D eigenvalue weighted by Gasteiger charge is -2.20. The number of thiol groups is 1. The Morgan fingerprint density at radius 2 is 2.12 bits per heavy atom. The van der Waals surface area contributed by atoms with Crippen molar-refractivity contribution in [1.82, 2.24) is 0 Å². The van der Waals surface area contributed by atoms with E-state index in [2.05, 4.69) is 0 Å². The second kappa shape index (κ2) is 1.94. The largest absolute Gasteiger partial charge is 0.253 e. The van der Waals surface area contributed by atoms with E-state index in [4.69, 9.17) is 0 Å². The Balaban J connectivity index is 2.03. The van der Waals surface area contributed by atoms with Gasteiger partial charge in [-0.3, -0.25) is 10.9 Å². The first kappa shape index (κ1) is 5.16. The summed E-state index contributed by atoms with van der Waals surface area (Å²) in [5.74, 6) is 6.08. The van der Waals surface area contributed by atoms with Crippen molar-refractivity contribution in [2.75, 3.05) is 17.3 Å². The fourth-order valence-corrected chi connectivity index (χ4v) is 5.00. The van der Waals surface area contributed by atoms with Gasteiger partial charge in [0.1, 0.15) is 0 Å². The van der Waals surface area contributed by atoms with E-state index in [1.54, 1.807) is 36.5 Å². The molecule has 2 fully saturated rings. The molecule has 0 radical (unpaired) electrons. The number of hydrogen-bond donors (Lipinski definition) is 1. The molecule has 2 saturated heterocycles. The first-order chi connectivity index (χ1) is 3.95. The number of hydrogen-bond acceptors (Lipinski definition) is 0. The van der Waals surface area contributed by atoms with Crippen LogP contribution in [0.4, 0.5) is 0 Å². The first-order valence-electron chi connectivity index (χ1n) is 3.67. The minimum absolute atomic E-state index is 0.605. The van der Waals surface area contributed by atoms with Gasteiger partial charge >= 0.3 is 0 Å². The average molecular weight is 130 g/mol. The lowest BCUT2D eigenvalue weighted by Crippen LogP contribution is -2.05. The highest BCUT2D eigenvalue weighted by Crippen LogP contribution is 2.44. The third-order valence-corrected chi connectivity index (χ3v) is 5.33. The van der Waals surface area contributed by atoms with Crippen molar-refractivity contribution in [1.29, 1.82) is 0 Å². The van der Waals surface area contributed by atoms with Gasteiger partial charge in [-0.05, 0) is 42.4 Å². The van der Waals surface area contributed by atoms with Crippen molar-refractivity contribution in [3.63, 3.8) is 0 Å². The molecule has 2 unspecified atom stereocenters. The van der Waals surface area contributed by atoms with Gasteiger partial charge in [0.25, 0.3) is 0 Å². The minimum Gasteiger partial charge on any atom is -0.253 e. The Bertz CT molecular complexity index is 76.4. The van der Waals surface area contributed by atoms with E-state index in [1.165, 1.54) is 5.92 Å². The molecule has 0 N–H and O–H groups in total. The van der Waals surface area contributed by atoms with Crippen LogP contribution in [0.1, 0.15) is 19.3 Å². The van der Waals surface area contributed by atoms with E-state index in [0.717, 1.165) is 0 Å².